The van der Waals surface area contributed by atoms with Gasteiger partial charge in [-0.3, -0.25) is 9.69 Å². The first-order valence-electron chi connectivity index (χ1n) is 8.30. The minimum absolute atomic E-state index is 0.00670. The Morgan fingerprint density at radius 1 is 1.50 bits per heavy atom. The van der Waals surface area contributed by atoms with Gasteiger partial charge >= 0.3 is 0 Å². The highest BCUT2D eigenvalue weighted by atomic mass is 79.9. The molecule has 2 atom stereocenters. The molecule has 0 spiro atoms. The molecule has 1 aliphatic rings. The van der Waals surface area contributed by atoms with Gasteiger partial charge in [0, 0.05) is 30.7 Å². The van der Waals surface area contributed by atoms with Crippen LogP contribution in [0.25, 0.3) is 0 Å². The third kappa shape index (κ3) is 5.30. The van der Waals surface area contributed by atoms with Crippen molar-refractivity contribution in [3.63, 3.8) is 0 Å². The van der Waals surface area contributed by atoms with E-state index in [9.17, 15) is 4.79 Å². The van der Waals surface area contributed by atoms with Crippen LogP contribution in [-0.2, 0) is 9.53 Å². The molecule has 1 aromatic rings. The Bertz CT molecular complexity index is 585. The molecule has 0 saturated carbocycles. The Labute approximate surface area is 152 Å². The third-order valence-electron chi connectivity index (χ3n) is 4.20. The number of ether oxygens (including phenoxy) is 1. The van der Waals surface area contributed by atoms with Gasteiger partial charge in [0.25, 0.3) is 0 Å². The van der Waals surface area contributed by atoms with Gasteiger partial charge in [-0.05, 0) is 31.5 Å². The van der Waals surface area contributed by atoms with Crippen LogP contribution in [-0.4, -0.2) is 55.0 Å². The number of hydrogen-bond donors (Lipinski definition) is 0. The molecule has 1 amide bonds. The van der Waals surface area contributed by atoms with E-state index in [1.165, 1.54) is 0 Å². The average molecular weight is 394 g/mol. The maximum absolute atomic E-state index is 12.5. The molecule has 1 heterocycles. The number of nitrogens with zero attached hydrogens (tertiary/aromatic N) is 3. The molecule has 0 bridgehead atoms. The second kappa shape index (κ2) is 9.16. The molecule has 6 heteroatoms. The van der Waals surface area contributed by atoms with E-state index in [4.69, 9.17) is 10.00 Å². The van der Waals surface area contributed by atoms with Gasteiger partial charge in [-0.25, -0.2) is 0 Å². The summed E-state index contributed by atoms with van der Waals surface area (Å²) in [4.78, 5) is 16.4. The fourth-order valence-electron chi connectivity index (χ4n) is 2.80. The zero-order valence-corrected chi connectivity index (χ0v) is 15.8. The summed E-state index contributed by atoms with van der Waals surface area (Å²) in [5.41, 5.74) is 1.13. The number of halogens is 1. The summed E-state index contributed by atoms with van der Waals surface area (Å²) in [6.45, 7) is 7.37. The number of benzene rings is 1. The summed E-state index contributed by atoms with van der Waals surface area (Å²) in [7, 11) is 0. The van der Waals surface area contributed by atoms with Crippen LogP contribution in [0.2, 0.25) is 0 Å². The summed E-state index contributed by atoms with van der Waals surface area (Å²) in [5, 5.41) is 8.94. The van der Waals surface area contributed by atoms with Gasteiger partial charge in [-0.1, -0.05) is 28.1 Å². The van der Waals surface area contributed by atoms with Gasteiger partial charge in [-0.2, -0.15) is 5.26 Å². The number of carbonyl (C=O) groups is 1. The summed E-state index contributed by atoms with van der Waals surface area (Å²) < 4.78 is 6.90. The molecule has 0 unspecified atom stereocenters. The lowest BCUT2D eigenvalue weighted by Gasteiger charge is -2.34. The largest absolute Gasteiger partial charge is 0.371 e. The van der Waals surface area contributed by atoms with Gasteiger partial charge in [0.1, 0.15) is 0 Å². The van der Waals surface area contributed by atoms with E-state index in [1.54, 1.807) is 4.90 Å². The van der Waals surface area contributed by atoms with Crippen LogP contribution in [0.1, 0.15) is 25.5 Å². The van der Waals surface area contributed by atoms with Gasteiger partial charge in [0.05, 0.1) is 31.2 Å². The molecule has 5 nitrogen and oxygen atoms in total. The highest BCUT2D eigenvalue weighted by molar-refractivity contribution is 9.10. The molecular formula is C18H24BrN3O2. The normalized spacial score (nSPS) is 19.5. The minimum Gasteiger partial charge on any atom is -0.371 e. The highest BCUT2D eigenvalue weighted by Gasteiger charge is 2.25. The Hall–Kier alpha value is -1.42. The zero-order chi connectivity index (χ0) is 17.5. The number of carbonyl (C=O) groups excluding carboxylic acids is 1. The predicted octanol–water partition coefficient (Wildman–Crippen LogP) is 2.83. The molecule has 1 aliphatic heterocycles. The summed E-state index contributed by atoms with van der Waals surface area (Å²) in [6, 6.07) is 10.3. The topological polar surface area (TPSA) is 56.6 Å². The number of morpholine rings is 1. The van der Waals surface area contributed by atoms with Crippen molar-refractivity contribution in [2.45, 2.75) is 20.0 Å². The monoisotopic (exact) mass is 393 g/mol. The lowest BCUT2D eigenvalue weighted by molar-refractivity contribution is -0.134. The first-order valence-corrected chi connectivity index (χ1v) is 9.09. The molecule has 1 aromatic carbocycles. The molecule has 0 aliphatic carbocycles. The average Bonchev–Trinajstić information content (AvgIpc) is 2.60. The van der Waals surface area contributed by atoms with Gasteiger partial charge in [0.15, 0.2) is 0 Å². The van der Waals surface area contributed by atoms with Crippen LogP contribution >= 0.6 is 15.9 Å². The van der Waals surface area contributed by atoms with Gasteiger partial charge in [0.2, 0.25) is 5.91 Å². The van der Waals surface area contributed by atoms with Crippen molar-refractivity contribution in [2.24, 2.45) is 5.92 Å². The van der Waals surface area contributed by atoms with Crippen molar-refractivity contribution in [3.05, 3.63) is 34.3 Å². The zero-order valence-electron chi connectivity index (χ0n) is 14.2. The standard InChI is InChI=1S/C18H24BrN3O2/c1-3-22(11-14(2)10-20)18(23)13-21-8-9-24-17(12-21)15-4-6-16(19)7-5-15/h4-7,14,17H,3,8-9,11-13H2,1-2H3/t14-,17+/m0/s1. The third-order valence-corrected chi connectivity index (χ3v) is 4.73. The van der Waals surface area contributed by atoms with Crippen LogP contribution in [0, 0.1) is 17.2 Å². The second-order valence-corrected chi connectivity index (χ2v) is 7.02. The predicted molar refractivity (Wildman–Crippen MR) is 96.3 cm³/mol. The Kier molecular flexibility index (Phi) is 7.22. The quantitative estimate of drug-likeness (QED) is 0.745. The lowest BCUT2D eigenvalue weighted by Crippen LogP contribution is -2.46. The van der Waals surface area contributed by atoms with E-state index in [1.807, 2.05) is 38.1 Å². The molecular weight excluding hydrogens is 370 g/mol. The van der Waals surface area contributed by atoms with Crippen molar-refractivity contribution >= 4 is 21.8 Å². The second-order valence-electron chi connectivity index (χ2n) is 6.11. The van der Waals surface area contributed by atoms with Crippen molar-refractivity contribution in [1.29, 1.82) is 5.26 Å². The van der Waals surface area contributed by atoms with E-state index in [0.29, 0.717) is 32.8 Å². The van der Waals surface area contributed by atoms with E-state index in [-0.39, 0.29) is 17.9 Å². The van der Waals surface area contributed by atoms with Crippen LogP contribution in [0.15, 0.2) is 28.7 Å². The summed E-state index contributed by atoms with van der Waals surface area (Å²) in [5.74, 6) is -0.0647. The number of amides is 1. The first-order chi connectivity index (χ1) is 11.5. The Balaban J connectivity index is 1.93. The number of likely N-dealkylation sites (N-methyl/N-ethyl adjacent to an activating group) is 1. The molecule has 1 saturated heterocycles. The molecule has 0 N–H and O–H groups in total. The summed E-state index contributed by atoms with van der Waals surface area (Å²) in [6.07, 6.45) is -0.00670. The van der Waals surface area contributed by atoms with Crippen LogP contribution in [0.4, 0.5) is 0 Å². The van der Waals surface area contributed by atoms with Gasteiger partial charge in [-0.15, -0.1) is 0 Å². The fourth-order valence-corrected chi connectivity index (χ4v) is 3.06. The first kappa shape index (κ1) is 18.9. The Morgan fingerprint density at radius 3 is 2.83 bits per heavy atom. The van der Waals surface area contributed by atoms with E-state index < -0.39 is 0 Å². The Morgan fingerprint density at radius 2 is 2.21 bits per heavy atom. The van der Waals surface area contributed by atoms with Crippen molar-refractivity contribution in [1.82, 2.24) is 9.80 Å². The summed E-state index contributed by atoms with van der Waals surface area (Å²) >= 11 is 3.44. The number of hydrogen-bond acceptors (Lipinski definition) is 4. The molecule has 0 aromatic heterocycles. The smallest absolute Gasteiger partial charge is 0.236 e. The maximum atomic E-state index is 12.5. The molecule has 0 radical (unpaired) electrons. The van der Waals surface area contributed by atoms with Crippen LogP contribution in [0.5, 0.6) is 0 Å². The van der Waals surface area contributed by atoms with Crippen LogP contribution in [0.3, 0.4) is 0 Å². The molecule has 24 heavy (non-hydrogen) atoms. The molecule has 1 fully saturated rings. The SMILES string of the molecule is CCN(C[C@@H](C)C#N)C(=O)CN1CCO[C@@H](c2ccc(Br)cc2)C1. The highest BCUT2D eigenvalue weighted by Crippen LogP contribution is 2.23. The number of rotatable bonds is 6. The van der Waals surface area contributed by atoms with Crippen molar-refractivity contribution in [3.8, 4) is 6.07 Å². The van der Waals surface area contributed by atoms with Crippen LogP contribution < -0.4 is 0 Å². The van der Waals surface area contributed by atoms with Crippen molar-refractivity contribution < 1.29 is 9.53 Å². The lowest BCUT2D eigenvalue weighted by atomic mass is 10.1. The maximum Gasteiger partial charge on any atom is 0.236 e. The van der Waals surface area contributed by atoms with E-state index in [0.717, 1.165) is 16.6 Å². The molecule has 2 rings (SSSR count). The van der Waals surface area contributed by atoms with E-state index >= 15 is 0 Å². The fraction of sp³-hybridized carbons (Fsp3) is 0.556. The van der Waals surface area contributed by atoms with E-state index in [2.05, 4.69) is 26.9 Å². The molecule has 130 valence electrons. The number of nitriles is 1. The van der Waals surface area contributed by atoms with Crippen molar-refractivity contribution in [2.75, 3.05) is 39.3 Å². The van der Waals surface area contributed by atoms with Gasteiger partial charge < -0.3 is 9.64 Å². The minimum atomic E-state index is -0.144.